The van der Waals surface area contributed by atoms with Crippen molar-refractivity contribution < 1.29 is 19.4 Å². The summed E-state index contributed by atoms with van der Waals surface area (Å²) in [6.45, 7) is 1.90. The van der Waals surface area contributed by atoms with E-state index in [4.69, 9.17) is 9.84 Å². The number of carbonyl (C=O) groups is 2. The number of amides is 2. The largest absolute Gasteiger partial charge is 0.480 e. The van der Waals surface area contributed by atoms with Crippen LogP contribution in [0, 0.1) is 0 Å². The number of ether oxygens (including phenoxy) is 1. The molecule has 0 aliphatic rings. The molecule has 20 heavy (non-hydrogen) atoms. The van der Waals surface area contributed by atoms with Gasteiger partial charge in [-0.25, -0.2) is 4.79 Å². The molecule has 1 aromatic rings. The molecule has 1 rings (SSSR count). The van der Waals surface area contributed by atoms with Crippen LogP contribution in [0.15, 0.2) is 24.4 Å². The Balaban J connectivity index is 2.62. The normalized spacial score (nSPS) is 11.7. The second kappa shape index (κ2) is 8.11. The van der Waals surface area contributed by atoms with Gasteiger partial charge in [-0.15, -0.1) is 0 Å². The molecule has 0 aliphatic heterocycles. The minimum atomic E-state index is -1.07. The van der Waals surface area contributed by atoms with Crippen LogP contribution in [0.25, 0.3) is 0 Å². The van der Waals surface area contributed by atoms with Crippen LogP contribution in [0.1, 0.15) is 18.7 Å². The Labute approximate surface area is 117 Å². The van der Waals surface area contributed by atoms with Gasteiger partial charge in [-0.3, -0.25) is 9.78 Å². The SMILES string of the molecule is COCCN(CC(=O)O)C(=O)NC(C)c1ccccn1. The number of nitrogens with one attached hydrogen (secondary N) is 1. The molecule has 7 heteroatoms. The summed E-state index contributed by atoms with van der Waals surface area (Å²) in [5.74, 6) is -1.07. The van der Waals surface area contributed by atoms with Crippen LogP contribution in [0.4, 0.5) is 4.79 Å². The number of hydrogen-bond acceptors (Lipinski definition) is 4. The van der Waals surface area contributed by atoms with Crippen molar-refractivity contribution in [2.45, 2.75) is 13.0 Å². The van der Waals surface area contributed by atoms with E-state index in [2.05, 4.69) is 10.3 Å². The Morgan fingerprint density at radius 3 is 2.80 bits per heavy atom. The van der Waals surface area contributed by atoms with Crippen molar-refractivity contribution in [2.75, 3.05) is 26.8 Å². The van der Waals surface area contributed by atoms with E-state index in [0.29, 0.717) is 5.69 Å². The van der Waals surface area contributed by atoms with Crippen molar-refractivity contribution in [1.29, 1.82) is 0 Å². The maximum absolute atomic E-state index is 12.0. The van der Waals surface area contributed by atoms with Crippen molar-refractivity contribution in [3.8, 4) is 0 Å². The van der Waals surface area contributed by atoms with Gasteiger partial charge in [0.25, 0.3) is 0 Å². The zero-order valence-corrected chi connectivity index (χ0v) is 11.6. The summed E-state index contributed by atoms with van der Waals surface area (Å²) in [6.07, 6.45) is 1.64. The Morgan fingerprint density at radius 1 is 1.50 bits per heavy atom. The van der Waals surface area contributed by atoms with Crippen LogP contribution >= 0.6 is 0 Å². The maximum Gasteiger partial charge on any atom is 0.323 e. The van der Waals surface area contributed by atoms with E-state index in [1.54, 1.807) is 25.3 Å². The van der Waals surface area contributed by atoms with Gasteiger partial charge in [-0.2, -0.15) is 0 Å². The fourth-order valence-electron chi connectivity index (χ4n) is 1.60. The van der Waals surface area contributed by atoms with E-state index in [0.717, 1.165) is 0 Å². The number of nitrogens with zero attached hydrogens (tertiary/aromatic N) is 2. The molecule has 1 unspecified atom stereocenters. The summed E-state index contributed by atoms with van der Waals surface area (Å²) in [5.41, 5.74) is 0.711. The highest BCUT2D eigenvalue weighted by Gasteiger charge is 2.19. The monoisotopic (exact) mass is 281 g/mol. The molecule has 0 bridgehead atoms. The van der Waals surface area contributed by atoms with Crippen LogP contribution in [-0.4, -0.2) is 53.8 Å². The number of hydrogen-bond donors (Lipinski definition) is 2. The fraction of sp³-hybridized carbons (Fsp3) is 0.462. The van der Waals surface area contributed by atoms with Crippen molar-refractivity contribution in [3.63, 3.8) is 0 Å². The van der Waals surface area contributed by atoms with Crippen LogP contribution in [0.5, 0.6) is 0 Å². The summed E-state index contributed by atoms with van der Waals surface area (Å²) in [7, 11) is 1.49. The molecule has 2 amide bonds. The first-order chi connectivity index (χ1) is 9.54. The number of rotatable bonds is 7. The number of urea groups is 1. The number of carboxylic acids is 1. The lowest BCUT2D eigenvalue weighted by molar-refractivity contribution is -0.137. The molecule has 0 saturated heterocycles. The van der Waals surface area contributed by atoms with Crippen LogP contribution in [0.2, 0.25) is 0 Å². The first-order valence-electron chi connectivity index (χ1n) is 6.21. The predicted octanol–water partition coefficient (Wildman–Crippen LogP) is 0.885. The molecular weight excluding hydrogens is 262 g/mol. The highest BCUT2D eigenvalue weighted by Crippen LogP contribution is 2.08. The summed E-state index contributed by atoms with van der Waals surface area (Å²) < 4.78 is 4.87. The summed E-state index contributed by atoms with van der Waals surface area (Å²) in [6, 6.07) is 4.64. The minimum absolute atomic E-state index is 0.212. The van der Waals surface area contributed by atoms with Gasteiger partial charge in [0.15, 0.2) is 0 Å². The second-order valence-electron chi connectivity index (χ2n) is 4.23. The lowest BCUT2D eigenvalue weighted by atomic mass is 10.2. The lowest BCUT2D eigenvalue weighted by Crippen LogP contribution is -2.45. The highest BCUT2D eigenvalue weighted by molar-refractivity contribution is 5.80. The van der Waals surface area contributed by atoms with Gasteiger partial charge in [-0.1, -0.05) is 6.07 Å². The number of methoxy groups -OCH3 is 1. The topological polar surface area (TPSA) is 91.8 Å². The molecule has 1 atom stereocenters. The summed E-state index contributed by atoms with van der Waals surface area (Å²) in [5, 5.41) is 11.5. The van der Waals surface area contributed by atoms with E-state index < -0.39 is 12.0 Å². The van der Waals surface area contributed by atoms with E-state index in [1.165, 1.54) is 12.0 Å². The van der Waals surface area contributed by atoms with Gasteiger partial charge in [0.05, 0.1) is 18.3 Å². The van der Waals surface area contributed by atoms with Gasteiger partial charge in [0, 0.05) is 19.9 Å². The van der Waals surface area contributed by atoms with Crippen LogP contribution in [0.3, 0.4) is 0 Å². The molecule has 0 radical (unpaired) electrons. The van der Waals surface area contributed by atoms with Gasteiger partial charge in [0.1, 0.15) is 6.54 Å². The lowest BCUT2D eigenvalue weighted by Gasteiger charge is -2.23. The molecule has 0 saturated carbocycles. The van der Waals surface area contributed by atoms with Crippen molar-refractivity contribution in [2.24, 2.45) is 0 Å². The van der Waals surface area contributed by atoms with Gasteiger partial charge < -0.3 is 20.1 Å². The highest BCUT2D eigenvalue weighted by atomic mass is 16.5. The molecule has 0 aromatic carbocycles. The van der Waals surface area contributed by atoms with Crippen molar-refractivity contribution >= 4 is 12.0 Å². The molecular formula is C13H19N3O4. The first-order valence-corrected chi connectivity index (χ1v) is 6.21. The van der Waals surface area contributed by atoms with E-state index >= 15 is 0 Å². The third kappa shape index (κ3) is 5.23. The third-order valence-electron chi connectivity index (χ3n) is 2.65. The third-order valence-corrected chi connectivity index (χ3v) is 2.65. The minimum Gasteiger partial charge on any atom is -0.480 e. The zero-order valence-electron chi connectivity index (χ0n) is 11.6. The number of aromatic nitrogens is 1. The van der Waals surface area contributed by atoms with E-state index in [1.807, 2.05) is 6.07 Å². The van der Waals surface area contributed by atoms with E-state index in [9.17, 15) is 9.59 Å². The van der Waals surface area contributed by atoms with Gasteiger partial charge in [-0.05, 0) is 19.1 Å². The van der Waals surface area contributed by atoms with E-state index in [-0.39, 0.29) is 25.7 Å². The van der Waals surface area contributed by atoms with Crippen molar-refractivity contribution in [1.82, 2.24) is 15.2 Å². The van der Waals surface area contributed by atoms with Crippen LogP contribution in [-0.2, 0) is 9.53 Å². The molecule has 110 valence electrons. The summed E-state index contributed by atoms with van der Waals surface area (Å²) >= 11 is 0. The number of pyridine rings is 1. The smallest absolute Gasteiger partial charge is 0.323 e. The molecule has 2 N–H and O–H groups in total. The average molecular weight is 281 g/mol. The molecule has 0 aliphatic carbocycles. The number of carboxylic acid groups (broad SMARTS) is 1. The molecule has 0 spiro atoms. The Hall–Kier alpha value is -2.15. The average Bonchev–Trinajstić information content (AvgIpc) is 2.43. The Bertz CT molecular complexity index is 439. The Morgan fingerprint density at radius 2 is 2.25 bits per heavy atom. The molecule has 1 heterocycles. The zero-order chi connectivity index (χ0) is 15.0. The quantitative estimate of drug-likeness (QED) is 0.774. The fourth-order valence-corrected chi connectivity index (χ4v) is 1.60. The summed E-state index contributed by atoms with van der Waals surface area (Å²) in [4.78, 5) is 28.1. The standard InChI is InChI=1S/C13H19N3O4/c1-10(11-5-3-4-6-14-11)15-13(19)16(7-8-20-2)9-12(17)18/h3-6,10H,7-9H2,1-2H3,(H,15,19)(H,17,18). The first kappa shape index (κ1) is 15.9. The Kier molecular flexibility index (Phi) is 6.45. The number of aliphatic carboxylic acids is 1. The van der Waals surface area contributed by atoms with Crippen LogP contribution < -0.4 is 5.32 Å². The maximum atomic E-state index is 12.0. The van der Waals surface area contributed by atoms with Gasteiger partial charge in [0.2, 0.25) is 0 Å². The molecule has 7 nitrogen and oxygen atoms in total. The van der Waals surface area contributed by atoms with Gasteiger partial charge >= 0.3 is 12.0 Å². The second-order valence-corrected chi connectivity index (χ2v) is 4.23. The molecule has 1 aromatic heterocycles. The molecule has 0 fully saturated rings. The predicted molar refractivity (Wildman–Crippen MR) is 72.3 cm³/mol. The number of carbonyl (C=O) groups excluding carboxylic acids is 1. The van der Waals surface area contributed by atoms with Crippen molar-refractivity contribution in [3.05, 3.63) is 30.1 Å².